The van der Waals surface area contributed by atoms with E-state index in [-0.39, 0.29) is 5.91 Å². The van der Waals surface area contributed by atoms with Crippen LogP contribution in [0.3, 0.4) is 0 Å². The predicted octanol–water partition coefficient (Wildman–Crippen LogP) is 4.41. The summed E-state index contributed by atoms with van der Waals surface area (Å²) in [6.07, 6.45) is 5.77. The Morgan fingerprint density at radius 3 is 2.57 bits per heavy atom. The second kappa shape index (κ2) is 6.69. The molecule has 2 aliphatic heterocycles. The number of hydrogen-bond donors (Lipinski definition) is 1. The smallest absolute Gasteiger partial charge is 0.264 e. The molecular formula is C15H20Br2N2OS. The SMILES string of the molecule is CCCN(C(=O)c1cc(Br)c(Br)s1)C1CC2CCC(C1)N2. The molecule has 116 valence electrons. The molecule has 0 saturated carbocycles. The van der Waals surface area contributed by atoms with Gasteiger partial charge in [0.05, 0.1) is 8.66 Å². The molecule has 2 saturated heterocycles. The Balaban J connectivity index is 1.78. The molecule has 1 aromatic heterocycles. The van der Waals surface area contributed by atoms with E-state index in [1.807, 2.05) is 6.07 Å². The Hall–Kier alpha value is 0.0900. The molecule has 1 aromatic rings. The van der Waals surface area contributed by atoms with Gasteiger partial charge in [-0.2, -0.15) is 0 Å². The molecule has 0 aromatic carbocycles. The molecule has 0 radical (unpaired) electrons. The summed E-state index contributed by atoms with van der Waals surface area (Å²) in [5.41, 5.74) is 0. The average Bonchev–Trinajstić information content (AvgIpc) is 2.98. The molecule has 1 N–H and O–H groups in total. The lowest BCUT2D eigenvalue weighted by atomic mass is 9.97. The van der Waals surface area contributed by atoms with Crippen LogP contribution in [0.2, 0.25) is 0 Å². The first-order chi connectivity index (χ1) is 10.1. The van der Waals surface area contributed by atoms with Crippen LogP contribution >= 0.6 is 43.2 Å². The summed E-state index contributed by atoms with van der Waals surface area (Å²) in [5.74, 6) is 0.194. The van der Waals surface area contributed by atoms with Crippen LogP contribution in [0.1, 0.15) is 48.7 Å². The topological polar surface area (TPSA) is 32.3 Å². The van der Waals surface area contributed by atoms with E-state index in [0.29, 0.717) is 18.1 Å². The fourth-order valence-corrected chi connectivity index (χ4v) is 5.56. The summed E-state index contributed by atoms with van der Waals surface area (Å²) in [6.45, 7) is 3.01. The zero-order chi connectivity index (χ0) is 15.0. The number of carbonyl (C=O) groups is 1. The summed E-state index contributed by atoms with van der Waals surface area (Å²) in [7, 11) is 0. The normalized spacial score (nSPS) is 27.9. The summed E-state index contributed by atoms with van der Waals surface area (Å²) < 4.78 is 1.96. The van der Waals surface area contributed by atoms with E-state index in [1.54, 1.807) is 0 Å². The van der Waals surface area contributed by atoms with E-state index in [9.17, 15) is 4.79 Å². The molecule has 1 amide bonds. The molecule has 0 aliphatic carbocycles. The number of nitrogens with zero attached hydrogens (tertiary/aromatic N) is 1. The third kappa shape index (κ3) is 3.38. The highest BCUT2D eigenvalue weighted by molar-refractivity contribution is 9.13. The van der Waals surface area contributed by atoms with E-state index in [1.165, 1.54) is 24.2 Å². The number of fused-ring (bicyclic) bond motifs is 2. The van der Waals surface area contributed by atoms with Crippen molar-refractivity contribution >= 4 is 49.1 Å². The van der Waals surface area contributed by atoms with Crippen LogP contribution in [0.25, 0.3) is 0 Å². The van der Waals surface area contributed by atoms with Crippen molar-refractivity contribution in [1.82, 2.24) is 10.2 Å². The maximum Gasteiger partial charge on any atom is 0.264 e. The molecule has 21 heavy (non-hydrogen) atoms. The van der Waals surface area contributed by atoms with E-state index in [0.717, 1.165) is 38.9 Å². The van der Waals surface area contributed by atoms with Gasteiger partial charge < -0.3 is 10.2 Å². The van der Waals surface area contributed by atoms with Gasteiger partial charge in [0.1, 0.15) is 0 Å². The van der Waals surface area contributed by atoms with Gasteiger partial charge in [0.25, 0.3) is 5.91 Å². The zero-order valence-corrected chi connectivity index (χ0v) is 16.1. The van der Waals surface area contributed by atoms with Crippen molar-refractivity contribution in [2.45, 2.75) is 57.2 Å². The number of piperidine rings is 1. The molecular weight excluding hydrogens is 416 g/mol. The van der Waals surface area contributed by atoms with Gasteiger partial charge in [0.15, 0.2) is 0 Å². The van der Waals surface area contributed by atoms with Crippen LogP contribution in [-0.2, 0) is 0 Å². The molecule has 3 heterocycles. The van der Waals surface area contributed by atoms with Crippen molar-refractivity contribution in [3.63, 3.8) is 0 Å². The van der Waals surface area contributed by atoms with Gasteiger partial charge in [-0.1, -0.05) is 6.92 Å². The number of carbonyl (C=O) groups excluding carboxylic acids is 1. The maximum atomic E-state index is 12.9. The molecule has 2 aliphatic rings. The first-order valence-electron chi connectivity index (χ1n) is 7.60. The van der Waals surface area contributed by atoms with Crippen molar-refractivity contribution in [1.29, 1.82) is 0 Å². The quantitative estimate of drug-likeness (QED) is 0.759. The predicted molar refractivity (Wildman–Crippen MR) is 94.0 cm³/mol. The second-order valence-corrected chi connectivity index (χ2v) is 9.22. The highest BCUT2D eigenvalue weighted by atomic mass is 79.9. The van der Waals surface area contributed by atoms with Gasteiger partial charge in [-0.05, 0) is 70.0 Å². The van der Waals surface area contributed by atoms with Gasteiger partial charge in [0, 0.05) is 29.1 Å². The first-order valence-corrected chi connectivity index (χ1v) is 10.0. The molecule has 2 bridgehead atoms. The minimum atomic E-state index is 0.194. The maximum absolute atomic E-state index is 12.9. The van der Waals surface area contributed by atoms with Crippen molar-refractivity contribution < 1.29 is 4.79 Å². The Morgan fingerprint density at radius 1 is 1.38 bits per heavy atom. The van der Waals surface area contributed by atoms with Crippen LogP contribution < -0.4 is 5.32 Å². The summed E-state index contributed by atoms with van der Waals surface area (Å²) in [6, 6.07) is 3.57. The lowest BCUT2D eigenvalue weighted by molar-refractivity contribution is 0.0621. The van der Waals surface area contributed by atoms with Gasteiger partial charge in [-0.25, -0.2) is 0 Å². The van der Waals surface area contributed by atoms with Gasteiger partial charge in [-0.3, -0.25) is 4.79 Å². The molecule has 2 unspecified atom stereocenters. The largest absolute Gasteiger partial charge is 0.335 e. The lowest BCUT2D eigenvalue weighted by Crippen LogP contribution is -2.50. The summed E-state index contributed by atoms with van der Waals surface area (Å²) >= 11 is 8.49. The van der Waals surface area contributed by atoms with Crippen LogP contribution in [0.5, 0.6) is 0 Å². The van der Waals surface area contributed by atoms with Crippen molar-refractivity contribution in [3.8, 4) is 0 Å². The molecule has 6 heteroatoms. The Morgan fingerprint density at radius 2 is 2.05 bits per heavy atom. The molecule has 2 atom stereocenters. The molecule has 3 nitrogen and oxygen atoms in total. The summed E-state index contributed by atoms with van der Waals surface area (Å²) in [5, 5.41) is 3.66. The van der Waals surface area contributed by atoms with E-state index < -0.39 is 0 Å². The molecule has 3 rings (SSSR count). The highest BCUT2D eigenvalue weighted by Crippen LogP contribution is 2.35. The van der Waals surface area contributed by atoms with Gasteiger partial charge in [0.2, 0.25) is 0 Å². The zero-order valence-electron chi connectivity index (χ0n) is 12.1. The number of halogens is 2. The van der Waals surface area contributed by atoms with E-state index >= 15 is 0 Å². The number of rotatable bonds is 4. The number of amides is 1. The third-order valence-electron chi connectivity index (χ3n) is 4.47. The lowest BCUT2D eigenvalue weighted by Gasteiger charge is -2.37. The van der Waals surface area contributed by atoms with E-state index in [4.69, 9.17) is 0 Å². The fraction of sp³-hybridized carbons (Fsp3) is 0.667. The summed E-state index contributed by atoms with van der Waals surface area (Å²) in [4.78, 5) is 15.9. The van der Waals surface area contributed by atoms with E-state index in [2.05, 4.69) is 49.0 Å². The molecule has 0 spiro atoms. The van der Waals surface area contributed by atoms with Crippen LogP contribution in [0, 0.1) is 0 Å². The van der Waals surface area contributed by atoms with Crippen molar-refractivity contribution in [3.05, 3.63) is 19.2 Å². The minimum absolute atomic E-state index is 0.194. The Bertz CT molecular complexity index is 502. The van der Waals surface area contributed by atoms with Crippen LogP contribution in [-0.4, -0.2) is 35.5 Å². The monoisotopic (exact) mass is 434 g/mol. The van der Waals surface area contributed by atoms with Gasteiger partial charge in [-0.15, -0.1) is 11.3 Å². The minimum Gasteiger partial charge on any atom is -0.335 e. The van der Waals surface area contributed by atoms with Gasteiger partial charge >= 0.3 is 0 Å². The van der Waals surface area contributed by atoms with Crippen molar-refractivity contribution in [2.75, 3.05) is 6.54 Å². The standard InChI is InChI=1S/C15H20Br2N2OS/c1-2-5-19(11-6-9-3-4-10(7-11)18-9)15(20)13-8-12(16)14(17)21-13/h8-11,18H,2-7H2,1H3. The highest BCUT2D eigenvalue weighted by Gasteiger charge is 2.37. The van der Waals surface area contributed by atoms with Crippen LogP contribution in [0.4, 0.5) is 0 Å². The fourth-order valence-electron chi connectivity index (χ4n) is 3.57. The number of hydrogen-bond acceptors (Lipinski definition) is 3. The Kier molecular flexibility index (Phi) is 5.08. The first kappa shape index (κ1) is 16.0. The number of nitrogens with one attached hydrogen (secondary N) is 1. The third-order valence-corrected chi connectivity index (χ3v) is 7.71. The second-order valence-electron chi connectivity index (χ2n) is 5.99. The van der Waals surface area contributed by atoms with Crippen molar-refractivity contribution in [2.24, 2.45) is 0 Å². The molecule has 2 fully saturated rings. The van der Waals surface area contributed by atoms with Crippen LogP contribution in [0.15, 0.2) is 14.3 Å². The average molecular weight is 436 g/mol. The number of thiophene rings is 1. The Labute approximate surface area is 146 Å².